The zero-order valence-electron chi connectivity index (χ0n) is 19.5. The highest BCUT2D eigenvalue weighted by molar-refractivity contribution is 8.04. The monoisotopic (exact) mass is 474 g/mol. The highest BCUT2D eigenvalue weighted by Crippen LogP contribution is 2.39. The maximum absolute atomic E-state index is 12.5. The van der Waals surface area contributed by atoms with Gasteiger partial charge in [0.05, 0.1) is 17.7 Å². The van der Waals surface area contributed by atoms with E-state index in [9.17, 15) is 9.59 Å². The highest BCUT2D eigenvalue weighted by atomic mass is 32.2. The molecule has 0 radical (unpaired) electrons. The molecule has 2 amide bonds. The molecule has 0 spiro atoms. The zero-order chi connectivity index (χ0) is 24.2. The van der Waals surface area contributed by atoms with Gasteiger partial charge in [0.1, 0.15) is 0 Å². The average Bonchev–Trinajstić information content (AvgIpc) is 2.81. The summed E-state index contributed by atoms with van der Waals surface area (Å²) in [5, 5.41) is 5.84. The molecule has 3 aromatic rings. The van der Waals surface area contributed by atoms with Crippen LogP contribution in [-0.4, -0.2) is 25.5 Å². The summed E-state index contributed by atoms with van der Waals surface area (Å²) in [6.07, 6.45) is 1.80. The number of nitrogens with one attached hydrogen (secondary N) is 2. The van der Waals surface area contributed by atoms with E-state index in [0.29, 0.717) is 16.4 Å². The zero-order valence-corrected chi connectivity index (χ0v) is 20.3. The molecule has 0 aromatic heterocycles. The summed E-state index contributed by atoms with van der Waals surface area (Å²) in [5.41, 5.74) is 5.57. The van der Waals surface area contributed by atoms with Crippen LogP contribution in [0.25, 0.3) is 6.08 Å². The molecular formula is C27H26N2O4S. The molecule has 174 valence electrons. The van der Waals surface area contributed by atoms with Crippen LogP contribution < -0.4 is 20.1 Å². The van der Waals surface area contributed by atoms with E-state index in [1.165, 1.54) is 18.9 Å². The Morgan fingerprint density at radius 2 is 1.76 bits per heavy atom. The number of methoxy groups -OCH3 is 1. The summed E-state index contributed by atoms with van der Waals surface area (Å²) in [7, 11) is 1.54. The number of rotatable bonds is 6. The van der Waals surface area contributed by atoms with Crippen molar-refractivity contribution in [3.8, 4) is 11.5 Å². The van der Waals surface area contributed by atoms with Gasteiger partial charge in [0.2, 0.25) is 0 Å². The number of aryl methyl sites for hydroxylation is 3. The third-order valence-electron chi connectivity index (χ3n) is 5.36. The Kier molecular flexibility index (Phi) is 6.93. The molecule has 0 fully saturated rings. The summed E-state index contributed by atoms with van der Waals surface area (Å²) >= 11 is 1.42. The van der Waals surface area contributed by atoms with Crippen LogP contribution in [0.1, 0.15) is 22.3 Å². The molecule has 0 bridgehead atoms. The quantitative estimate of drug-likeness (QED) is 0.447. The van der Waals surface area contributed by atoms with E-state index in [1.807, 2.05) is 63.2 Å². The van der Waals surface area contributed by atoms with Gasteiger partial charge >= 0.3 is 0 Å². The summed E-state index contributed by atoms with van der Waals surface area (Å²) in [6.45, 7) is 5.81. The molecular weight excluding hydrogens is 448 g/mol. The molecule has 0 unspecified atom stereocenters. The molecule has 7 heteroatoms. The lowest BCUT2D eigenvalue weighted by atomic mass is 10.1. The van der Waals surface area contributed by atoms with Gasteiger partial charge in [0, 0.05) is 10.6 Å². The predicted octanol–water partition coefficient (Wildman–Crippen LogP) is 5.72. The first-order chi connectivity index (χ1) is 16.3. The Morgan fingerprint density at radius 1 is 1.03 bits per heavy atom. The van der Waals surface area contributed by atoms with Crippen molar-refractivity contribution in [2.75, 3.05) is 24.4 Å². The van der Waals surface area contributed by atoms with E-state index >= 15 is 0 Å². The minimum absolute atomic E-state index is 0.152. The summed E-state index contributed by atoms with van der Waals surface area (Å²) in [5.74, 6) is 0.522. The topological polar surface area (TPSA) is 76.7 Å². The number of ether oxygens (including phenoxy) is 2. The number of hydrogen-bond donors (Lipinski definition) is 2. The summed E-state index contributed by atoms with van der Waals surface area (Å²) in [6, 6.07) is 17.1. The molecule has 1 aliphatic heterocycles. The van der Waals surface area contributed by atoms with Crippen molar-refractivity contribution in [2.24, 2.45) is 0 Å². The third kappa shape index (κ3) is 5.26. The molecule has 6 nitrogen and oxygen atoms in total. The van der Waals surface area contributed by atoms with Gasteiger partial charge in [-0.15, -0.1) is 0 Å². The molecule has 2 N–H and O–H groups in total. The molecule has 3 aromatic carbocycles. The molecule has 34 heavy (non-hydrogen) atoms. The van der Waals surface area contributed by atoms with Gasteiger partial charge in [-0.1, -0.05) is 47.7 Å². The van der Waals surface area contributed by atoms with Crippen molar-refractivity contribution in [1.29, 1.82) is 0 Å². The molecule has 0 saturated carbocycles. The normalized spacial score (nSPS) is 13.8. The van der Waals surface area contributed by atoms with Crippen molar-refractivity contribution in [2.45, 2.75) is 25.7 Å². The van der Waals surface area contributed by atoms with Crippen molar-refractivity contribution in [3.63, 3.8) is 0 Å². The fourth-order valence-electron chi connectivity index (χ4n) is 3.84. The van der Waals surface area contributed by atoms with Crippen LogP contribution in [0.3, 0.4) is 0 Å². The Bertz CT molecular complexity index is 1280. The van der Waals surface area contributed by atoms with Gasteiger partial charge in [-0.2, -0.15) is 0 Å². The molecule has 0 saturated heterocycles. The standard InChI is InChI=1S/C27H26N2O4S/c1-16-11-17(2)26(18(3)12-16)29-25(30)15-33-21-10-9-19(13-22(21)32-4)14-24-27(31)28-20-7-5-6-8-23(20)34-24/h5-14H,15H2,1-4H3,(H,28,31)(H,29,30)/b24-14-. The van der Waals surface area contributed by atoms with Gasteiger partial charge in [-0.3, -0.25) is 9.59 Å². The van der Waals surface area contributed by atoms with Crippen LogP contribution in [-0.2, 0) is 9.59 Å². The van der Waals surface area contributed by atoms with E-state index < -0.39 is 0 Å². The van der Waals surface area contributed by atoms with E-state index in [-0.39, 0.29) is 18.4 Å². The largest absolute Gasteiger partial charge is 0.493 e. The maximum atomic E-state index is 12.5. The lowest BCUT2D eigenvalue weighted by molar-refractivity contribution is -0.118. The number of hydrogen-bond acceptors (Lipinski definition) is 5. The minimum Gasteiger partial charge on any atom is -0.493 e. The first-order valence-corrected chi connectivity index (χ1v) is 11.6. The second kappa shape index (κ2) is 10.1. The summed E-state index contributed by atoms with van der Waals surface area (Å²) in [4.78, 5) is 26.6. The van der Waals surface area contributed by atoms with Crippen molar-refractivity contribution >= 4 is 41.0 Å². The lowest BCUT2D eigenvalue weighted by Gasteiger charge is -2.18. The maximum Gasteiger partial charge on any atom is 0.262 e. The fraction of sp³-hybridized carbons (Fsp3) is 0.185. The van der Waals surface area contributed by atoms with Crippen molar-refractivity contribution < 1.29 is 19.1 Å². The number of carbonyl (C=O) groups excluding carboxylic acids is 2. The Morgan fingerprint density at radius 3 is 2.50 bits per heavy atom. The van der Waals surface area contributed by atoms with E-state index in [2.05, 4.69) is 10.6 Å². The smallest absolute Gasteiger partial charge is 0.262 e. The summed E-state index contributed by atoms with van der Waals surface area (Å²) < 4.78 is 11.2. The van der Waals surface area contributed by atoms with E-state index in [0.717, 1.165) is 38.5 Å². The second-order valence-electron chi connectivity index (χ2n) is 8.08. The number of fused-ring (bicyclic) bond motifs is 1. The molecule has 1 heterocycles. The first-order valence-electron chi connectivity index (χ1n) is 10.8. The van der Waals surface area contributed by atoms with Gasteiger partial charge in [0.15, 0.2) is 18.1 Å². The third-order valence-corrected chi connectivity index (χ3v) is 6.46. The number of para-hydroxylation sites is 1. The molecule has 0 atom stereocenters. The van der Waals surface area contributed by atoms with Crippen molar-refractivity contribution in [1.82, 2.24) is 0 Å². The van der Waals surface area contributed by atoms with Gasteiger partial charge in [-0.05, 0) is 67.8 Å². The molecule has 0 aliphatic carbocycles. The Labute approximate surface area is 203 Å². The van der Waals surface area contributed by atoms with Crippen LogP contribution in [0.5, 0.6) is 11.5 Å². The lowest BCUT2D eigenvalue weighted by Crippen LogP contribution is -2.21. The van der Waals surface area contributed by atoms with Crippen LogP contribution in [0.15, 0.2) is 64.4 Å². The predicted molar refractivity (Wildman–Crippen MR) is 137 cm³/mol. The number of amides is 2. The molecule has 1 aliphatic rings. The van der Waals surface area contributed by atoms with E-state index in [4.69, 9.17) is 9.47 Å². The molecule has 4 rings (SSSR count). The minimum atomic E-state index is -0.253. The average molecular weight is 475 g/mol. The Balaban J connectivity index is 1.45. The highest BCUT2D eigenvalue weighted by Gasteiger charge is 2.20. The number of thioether (sulfide) groups is 1. The SMILES string of the molecule is COc1cc(/C=C2\Sc3ccccc3NC2=O)ccc1OCC(=O)Nc1c(C)cc(C)cc1C. The van der Waals surface area contributed by atoms with Gasteiger partial charge < -0.3 is 20.1 Å². The number of carbonyl (C=O) groups is 2. The first kappa shape index (κ1) is 23.4. The van der Waals surface area contributed by atoms with Crippen LogP contribution in [0, 0.1) is 20.8 Å². The second-order valence-corrected chi connectivity index (χ2v) is 9.17. The van der Waals surface area contributed by atoms with Crippen molar-refractivity contribution in [3.05, 3.63) is 81.8 Å². The Hall–Kier alpha value is -3.71. The number of anilines is 2. The fourth-order valence-corrected chi connectivity index (χ4v) is 4.79. The van der Waals surface area contributed by atoms with Crippen LogP contribution in [0.2, 0.25) is 0 Å². The van der Waals surface area contributed by atoms with Crippen LogP contribution >= 0.6 is 11.8 Å². The van der Waals surface area contributed by atoms with Gasteiger partial charge in [-0.25, -0.2) is 0 Å². The van der Waals surface area contributed by atoms with Crippen LogP contribution in [0.4, 0.5) is 11.4 Å². The van der Waals surface area contributed by atoms with Gasteiger partial charge in [0.25, 0.3) is 11.8 Å². The number of benzene rings is 3. The van der Waals surface area contributed by atoms with E-state index in [1.54, 1.807) is 18.2 Å².